The molecule has 1 aromatic carbocycles. The van der Waals surface area contributed by atoms with Crippen molar-refractivity contribution in [1.82, 2.24) is 0 Å². The highest BCUT2D eigenvalue weighted by Gasteiger charge is 2.18. The van der Waals surface area contributed by atoms with Crippen LogP contribution in [0.3, 0.4) is 0 Å². The quantitative estimate of drug-likeness (QED) is 0.849. The Kier molecular flexibility index (Phi) is 2.72. The van der Waals surface area contributed by atoms with Crippen LogP contribution in [0.25, 0.3) is 0 Å². The summed E-state index contributed by atoms with van der Waals surface area (Å²) in [5.74, 6) is 0.715. The second kappa shape index (κ2) is 3.88. The van der Waals surface area contributed by atoms with Gasteiger partial charge in [0.05, 0.1) is 11.6 Å². The van der Waals surface area contributed by atoms with Gasteiger partial charge in [-0.05, 0) is 17.5 Å². The molecule has 0 fully saturated rings. The number of nitrogens with zero attached hydrogens (tertiary/aromatic N) is 1. The first kappa shape index (κ1) is 10.5. The molecular formula is C9H10N2O2S2. The third kappa shape index (κ3) is 2.17. The molecule has 0 saturated carbocycles. The van der Waals surface area contributed by atoms with E-state index in [1.54, 1.807) is 30.0 Å². The minimum atomic E-state index is -3.66. The van der Waals surface area contributed by atoms with E-state index >= 15 is 0 Å². The van der Waals surface area contributed by atoms with Gasteiger partial charge in [0, 0.05) is 6.20 Å². The lowest BCUT2D eigenvalue weighted by Gasteiger charge is -2.17. The van der Waals surface area contributed by atoms with Crippen LogP contribution in [-0.2, 0) is 10.0 Å². The Morgan fingerprint density at radius 1 is 1.33 bits per heavy atom. The maximum absolute atomic E-state index is 11.3. The third-order valence-corrected chi connectivity index (χ3v) is 3.73. The average molecular weight is 242 g/mol. The van der Waals surface area contributed by atoms with Crippen molar-refractivity contribution in [3.05, 3.63) is 35.9 Å². The van der Waals surface area contributed by atoms with Gasteiger partial charge in [0.2, 0.25) is 10.0 Å². The lowest BCUT2D eigenvalue weighted by molar-refractivity contribution is 0.598. The van der Waals surface area contributed by atoms with E-state index in [9.17, 15) is 8.42 Å². The molecule has 0 aromatic heterocycles. The fourth-order valence-electron chi connectivity index (χ4n) is 1.37. The van der Waals surface area contributed by atoms with Gasteiger partial charge in [-0.15, -0.1) is 11.8 Å². The summed E-state index contributed by atoms with van der Waals surface area (Å²) in [5.41, 5.74) is 0.626. The van der Waals surface area contributed by atoms with Gasteiger partial charge in [0.25, 0.3) is 0 Å². The van der Waals surface area contributed by atoms with Crippen molar-refractivity contribution >= 4 is 27.5 Å². The third-order valence-electron chi connectivity index (χ3n) is 2.03. The number of thioether (sulfide) groups is 1. The Labute approximate surface area is 92.8 Å². The summed E-state index contributed by atoms with van der Waals surface area (Å²) < 4.78 is 22.7. The van der Waals surface area contributed by atoms with E-state index < -0.39 is 10.0 Å². The van der Waals surface area contributed by atoms with Gasteiger partial charge in [0.1, 0.15) is 4.90 Å². The molecule has 1 aromatic rings. The Balaban J connectivity index is 2.51. The minimum Gasteiger partial charge on any atom is -0.336 e. The van der Waals surface area contributed by atoms with Crippen molar-refractivity contribution in [1.29, 1.82) is 0 Å². The van der Waals surface area contributed by atoms with Crippen molar-refractivity contribution in [2.75, 3.05) is 10.8 Å². The van der Waals surface area contributed by atoms with Crippen LogP contribution in [0.15, 0.2) is 40.8 Å². The van der Waals surface area contributed by atoms with E-state index in [-0.39, 0.29) is 4.90 Å². The van der Waals surface area contributed by atoms with Gasteiger partial charge in [-0.2, -0.15) is 0 Å². The largest absolute Gasteiger partial charge is 0.336 e. The Morgan fingerprint density at radius 3 is 2.67 bits per heavy atom. The second-order valence-corrected chi connectivity index (χ2v) is 5.46. The molecule has 0 atom stereocenters. The van der Waals surface area contributed by atoms with E-state index in [0.717, 1.165) is 0 Å². The molecular weight excluding hydrogens is 232 g/mol. The molecule has 15 heavy (non-hydrogen) atoms. The number of benzene rings is 1. The molecule has 2 N–H and O–H groups in total. The summed E-state index contributed by atoms with van der Waals surface area (Å²) in [6.07, 6.45) is 1.84. The average Bonchev–Trinajstić information content (AvgIpc) is 2.69. The molecule has 0 spiro atoms. The molecule has 0 bridgehead atoms. The number of nitrogens with two attached hydrogens (primary N) is 1. The van der Waals surface area contributed by atoms with Gasteiger partial charge >= 0.3 is 0 Å². The van der Waals surface area contributed by atoms with Crippen LogP contribution < -0.4 is 10.0 Å². The molecule has 2 rings (SSSR count). The molecule has 80 valence electrons. The molecule has 1 aliphatic heterocycles. The number of primary sulfonamides is 1. The summed E-state index contributed by atoms with van der Waals surface area (Å²) >= 11 is 1.61. The summed E-state index contributed by atoms with van der Waals surface area (Å²) in [5, 5.41) is 7.06. The zero-order chi connectivity index (χ0) is 10.9. The van der Waals surface area contributed by atoms with Crippen molar-refractivity contribution in [2.45, 2.75) is 4.90 Å². The molecule has 0 amide bonds. The number of anilines is 1. The first-order chi connectivity index (χ1) is 7.09. The summed E-state index contributed by atoms with van der Waals surface area (Å²) in [7, 11) is -3.66. The monoisotopic (exact) mass is 242 g/mol. The second-order valence-electron chi connectivity index (χ2n) is 3.06. The highest BCUT2D eigenvalue weighted by molar-refractivity contribution is 8.02. The fourth-order valence-corrected chi connectivity index (χ4v) is 2.82. The van der Waals surface area contributed by atoms with Crippen LogP contribution in [0, 0.1) is 0 Å². The lowest BCUT2D eigenvalue weighted by Crippen LogP contribution is -2.19. The molecule has 0 aliphatic carbocycles. The standard InChI is InChI=1S/C9H10N2O2S2/c10-15(12,13)9-4-2-1-3-8(9)11-5-6-14-7-11/h1-6H,7H2,(H2,10,12,13). The van der Waals surface area contributed by atoms with Crippen molar-refractivity contribution < 1.29 is 8.42 Å². The summed E-state index contributed by atoms with van der Waals surface area (Å²) in [4.78, 5) is 2.02. The van der Waals surface area contributed by atoms with Crippen LogP contribution >= 0.6 is 11.8 Å². The number of rotatable bonds is 2. The number of sulfonamides is 1. The van der Waals surface area contributed by atoms with E-state index in [2.05, 4.69) is 0 Å². The Hall–Kier alpha value is -0.980. The first-order valence-electron chi connectivity index (χ1n) is 4.26. The smallest absolute Gasteiger partial charge is 0.240 e. The van der Waals surface area contributed by atoms with Crippen LogP contribution in [0.1, 0.15) is 0 Å². The number of hydrogen-bond acceptors (Lipinski definition) is 4. The molecule has 1 heterocycles. The first-order valence-corrected chi connectivity index (χ1v) is 6.85. The minimum absolute atomic E-state index is 0.164. The van der Waals surface area contributed by atoms with Gasteiger partial charge in [-0.25, -0.2) is 13.6 Å². The van der Waals surface area contributed by atoms with Crippen LogP contribution in [0.4, 0.5) is 5.69 Å². The SMILES string of the molecule is NS(=O)(=O)c1ccccc1N1C=CSC1. The summed E-state index contributed by atoms with van der Waals surface area (Å²) in [6.45, 7) is 0. The van der Waals surface area contributed by atoms with Gasteiger partial charge in [-0.1, -0.05) is 12.1 Å². The maximum atomic E-state index is 11.3. The van der Waals surface area contributed by atoms with Gasteiger partial charge < -0.3 is 4.90 Å². The van der Waals surface area contributed by atoms with Gasteiger partial charge in [0.15, 0.2) is 0 Å². The zero-order valence-electron chi connectivity index (χ0n) is 7.83. The van der Waals surface area contributed by atoms with E-state index in [0.29, 0.717) is 11.6 Å². The van der Waals surface area contributed by atoms with E-state index in [4.69, 9.17) is 5.14 Å². The van der Waals surface area contributed by atoms with E-state index in [1.807, 2.05) is 16.5 Å². The molecule has 0 unspecified atom stereocenters. The molecule has 4 nitrogen and oxygen atoms in total. The van der Waals surface area contributed by atoms with Crippen LogP contribution in [0.2, 0.25) is 0 Å². The highest BCUT2D eigenvalue weighted by atomic mass is 32.2. The van der Waals surface area contributed by atoms with Gasteiger partial charge in [-0.3, -0.25) is 0 Å². The van der Waals surface area contributed by atoms with Crippen LogP contribution in [-0.4, -0.2) is 14.3 Å². The predicted octanol–water partition coefficient (Wildman–Crippen LogP) is 1.32. The molecule has 1 aliphatic rings. The Bertz CT molecular complexity index is 497. The van der Waals surface area contributed by atoms with Crippen molar-refractivity contribution in [3.8, 4) is 0 Å². The fraction of sp³-hybridized carbons (Fsp3) is 0.111. The number of hydrogen-bond donors (Lipinski definition) is 1. The predicted molar refractivity (Wildman–Crippen MR) is 61.9 cm³/mol. The Morgan fingerprint density at radius 2 is 2.07 bits per heavy atom. The van der Waals surface area contributed by atoms with Crippen LogP contribution in [0.5, 0.6) is 0 Å². The molecule has 0 saturated heterocycles. The molecule has 0 radical (unpaired) electrons. The topological polar surface area (TPSA) is 63.4 Å². The zero-order valence-corrected chi connectivity index (χ0v) is 9.46. The number of para-hydroxylation sites is 1. The highest BCUT2D eigenvalue weighted by Crippen LogP contribution is 2.29. The molecule has 6 heteroatoms. The van der Waals surface area contributed by atoms with E-state index in [1.165, 1.54) is 6.07 Å². The van der Waals surface area contributed by atoms with Crippen molar-refractivity contribution in [3.63, 3.8) is 0 Å². The lowest BCUT2D eigenvalue weighted by atomic mass is 10.3. The summed E-state index contributed by atoms with van der Waals surface area (Å²) in [6, 6.07) is 6.72. The maximum Gasteiger partial charge on any atom is 0.240 e. The van der Waals surface area contributed by atoms with Crippen molar-refractivity contribution in [2.24, 2.45) is 5.14 Å². The normalized spacial score (nSPS) is 15.9.